The molecule has 1 aromatic rings. The van der Waals surface area contributed by atoms with Gasteiger partial charge in [0.1, 0.15) is 17.1 Å². The summed E-state index contributed by atoms with van der Waals surface area (Å²) >= 11 is 0. The van der Waals surface area contributed by atoms with Crippen molar-refractivity contribution in [1.29, 1.82) is 0 Å². The molecule has 0 aromatic carbocycles. The minimum Gasteiger partial charge on any atom is -0.478 e. The number of rotatable bonds is 6. The summed E-state index contributed by atoms with van der Waals surface area (Å²) in [4.78, 5) is 24.6. The lowest BCUT2D eigenvalue weighted by Crippen LogP contribution is -2.26. The molecule has 1 aromatic heterocycles. The molecule has 0 fully saturated rings. The van der Waals surface area contributed by atoms with Gasteiger partial charge in [-0.15, -0.1) is 0 Å². The summed E-state index contributed by atoms with van der Waals surface area (Å²) in [6.45, 7) is 8.36. The number of aromatic carboxylic acids is 1. The van der Waals surface area contributed by atoms with E-state index in [0.717, 1.165) is 12.8 Å². The second kappa shape index (κ2) is 6.78. The topological polar surface area (TPSA) is 70.8 Å². The van der Waals surface area contributed by atoms with E-state index in [4.69, 9.17) is 9.52 Å². The summed E-state index contributed by atoms with van der Waals surface area (Å²) in [6.07, 6.45) is 2.35. The van der Waals surface area contributed by atoms with Crippen LogP contribution in [0.2, 0.25) is 0 Å². The van der Waals surface area contributed by atoms with E-state index in [0.29, 0.717) is 24.5 Å². The number of carbonyl (C=O) groups excluding carboxylic acids is 1. The molecule has 0 aliphatic carbocycles. The minimum absolute atomic E-state index is 0.0465. The van der Waals surface area contributed by atoms with E-state index in [2.05, 4.69) is 20.8 Å². The first kappa shape index (κ1) is 17.3. The zero-order chi connectivity index (χ0) is 16.2. The van der Waals surface area contributed by atoms with Crippen LogP contribution in [0, 0.1) is 12.3 Å². The third-order valence-electron chi connectivity index (χ3n) is 3.34. The van der Waals surface area contributed by atoms with Gasteiger partial charge < -0.3 is 14.4 Å². The van der Waals surface area contributed by atoms with Gasteiger partial charge in [-0.05, 0) is 31.2 Å². The summed E-state index contributed by atoms with van der Waals surface area (Å²) in [6, 6.07) is 1.48. The Kier molecular flexibility index (Phi) is 5.58. The van der Waals surface area contributed by atoms with Gasteiger partial charge in [0.15, 0.2) is 0 Å². The molecule has 0 aliphatic heterocycles. The molecule has 1 rings (SSSR count). The molecule has 0 atom stereocenters. The van der Waals surface area contributed by atoms with Gasteiger partial charge in [-0.1, -0.05) is 20.8 Å². The van der Waals surface area contributed by atoms with Crippen molar-refractivity contribution in [3.05, 3.63) is 23.2 Å². The number of carboxylic acids is 1. The fraction of sp³-hybridized carbons (Fsp3) is 0.625. The Morgan fingerprint density at radius 2 is 1.95 bits per heavy atom. The Labute approximate surface area is 125 Å². The van der Waals surface area contributed by atoms with E-state index < -0.39 is 5.97 Å². The number of nitrogens with zero attached hydrogens (tertiary/aromatic N) is 1. The average molecular weight is 295 g/mol. The second-order valence-corrected chi connectivity index (χ2v) is 6.65. The molecule has 0 saturated heterocycles. The van der Waals surface area contributed by atoms with Crippen LogP contribution in [0.4, 0.5) is 0 Å². The van der Waals surface area contributed by atoms with Crippen molar-refractivity contribution in [2.24, 2.45) is 5.41 Å². The molecule has 1 amide bonds. The number of aryl methyl sites for hydroxylation is 1. The summed E-state index contributed by atoms with van der Waals surface area (Å²) in [5, 5.41) is 8.97. The summed E-state index contributed by atoms with van der Waals surface area (Å²) in [7, 11) is 1.71. The van der Waals surface area contributed by atoms with E-state index in [1.807, 2.05) is 0 Å². The van der Waals surface area contributed by atoms with Crippen LogP contribution < -0.4 is 0 Å². The molecule has 0 spiro atoms. The maximum absolute atomic E-state index is 12.0. The van der Waals surface area contributed by atoms with Crippen LogP contribution in [0.1, 0.15) is 61.9 Å². The molecule has 1 heterocycles. The standard InChI is InChI=1S/C16H25NO4/c1-11-13(15(19)20)9-12(21-11)10-17(5)14(18)7-6-8-16(2,3)4/h9H,6-8,10H2,1-5H3,(H,19,20). The Balaban J connectivity index is 2.52. The lowest BCUT2D eigenvalue weighted by atomic mass is 9.90. The third kappa shape index (κ3) is 5.61. The Hall–Kier alpha value is -1.78. The highest BCUT2D eigenvalue weighted by Crippen LogP contribution is 2.22. The first-order valence-electron chi connectivity index (χ1n) is 7.17. The molecule has 5 nitrogen and oxygen atoms in total. The van der Waals surface area contributed by atoms with Gasteiger partial charge in [-0.3, -0.25) is 4.79 Å². The Morgan fingerprint density at radius 3 is 2.43 bits per heavy atom. The van der Waals surface area contributed by atoms with Crippen molar-refractivity contribution in [3.63, 3.8) is 0 Å². The van der Waals surface area contributed by atoms with Crippen molar-refractivity contribution in [2.45, 2.75) is 53.5 Å². The van der Waals surface area contributed by atoms with Crippen LogP contribution in [0.25, 0.3) is 0 Å². The van der Waals surface area contributed by atoms with Crippen molar-refractivity contribution in [1.82, 2.24) is 4.90 Å². The minimum atomic E-state index is -1.01. The summed E-state index contributed by atoms with van der Waals surface area (Å²) < 4.78 is 5.38. The molecule has 0 radical (unpaired) electrons. The maximum atomic E-state index is 12.0. The maximum Gasteiger partial charge on any atom is 0.339 e. The summed E-state index contributed by atoms with van der Waals surface area (Å²) in [5.41, 5.74) is 0.381. The first-order valence-corrected chi connectivity index (χ1v) is 7.17. The molecular formula is C16H25NO4. The van der Waals surface area contributed by atoms with Gasteiger partial charge in [0.25, 0.3) is 0 Å². The lowest BCUT2D eigenvalue weighted by Gasteiger charge is -2.19. The number of hydrogen-bond donors (Lipinski definition) is 1. The largest absolute Gasteiger partial charge is 0.478 e. The van der Waals surface area contributed by atoms with Gasteiger partial charge in [0.05, 0.1) is 6.54 Å². The van der Waals surface area contributed by atoms with Crippen LogP contribution in [0.3, 0.4) is 0 Å². The first-order chi connectivity index (χ1) is 9.60. The van der Waals surface area contributed by atoms with Gasteiger partial charge in [-0.2, -0.15) is 0 Å². The van der Waals surface area contributed by atoms with E-state index in [-0.39, 0.29) is 16.9 Å². The molecule has 5 heteroatoms. The number of amides is 1. The third-order valence-corrected chi connectivity index (χ3v) is 3.34. The Morgan fingerprint density at radius 1 is 1.33 bits per heavy atom. The van der Waals surface area contributed by atoms with Crippen molar-refractivity contribution < 1.29 is 19.1 Å². The predicted molar refractivity (Wildman–Crippen MR) is 80.2 cm³/mol. The number of carbonyl (C=O) groups is 2. The molecule has 0 aliphatic rings. The quantitative estimate of drug-likeness (QED) is 0.872. The molecule has 0 bridgehead atoms. The van der Waals surface area contributed by atoms with Crippen molar-refractivity contribution in [3.8, 4) is 0 Å². The highest BCUT2D eigenvalue weighted by atomic mass is 16.4. The number of furan rings is 1. The van der Waals surface area contributed by atoms with Crippen LogP contribution in [-0.4, -0.2) is 28.9 Å². The molecular weight excluding hydrogens is 270 g/mol. The fourth-order valence-corrected chi connectivity index (χ4v) is 2.12. The molecule has 1 N–H and O–H groups in total. The normalized spacial score (nSPS) is 11.5. The predicted octanol–water partition coefficient (Wildman–Crippen LogP) is 3.46. The SMILES string of the molecule is Cc1oc(CN(C)C(=O)CCCC(C)(C)C)cc1C(=O)O. The molecule has 0 saturated carbocycles. The Bertz CT molecular complexity index is 511. The van der Waals surface area contributed by atoms with Gasteiger partial charge in [0.2, 0.25) is 5.91 Å². The average Bonchev–Trinajstić information content (AvgIpc) is 2.68. The lowest BCUT2D eigenvalue weighted by molar-refractivity contribution is -0.130. The van der Waals surface area contributed by atoms with E-state index in [9.17, 15) is 9.59 Å². The van der Waals surface area contributed by atoms with Crippen LogP contribution in [0.5, 0.6) is 0 Å². The smallest absolute Gasteiger partial charge is 0.339 e. The second-order valence-electron chi connectivity index (χ2n) is 6.65. The summed E-state index contributed by atoms with van der Waals surface area (Å²) in [5.74, 6) is -0.102. The van der Waals surface area contributed by atoms with Gasteiger partial charge in [0, 0.05) is 13.5 Å². The zero-order valence-electron chi connectivity index (χ0n) is 13.5. The molecule has 21 heavy (non-hydrogen) atoms. The van der Waals surface area contributed by atoms with E-state index in [1.165, 1.54) is 6.07 Å². The van der Waals surface area contributed by atoms with Crippen molar-refractivity contribution in [2.75, 3.05) is 7.05 Å². The monoisotopic (exact) mass is 295 g/mol. The zero-order valence-corrected chi connectivity index (χ0v) is 13.5. The molecule has 118 valence electrons. The number of carboxylic acid groups (broad SMARTS) is 1. The van der Waals surface area contributed by atoms with Crippen molar-refractivity contribution >= 4 is 11.9 Å². The van der Waals surface area contributed by atoms with Gasteiger partial charge in [-0.25, -0.2) is 4.79 Å². The van der Waals surface area contributed by atoms with Crippen LogP contribution in [-0.2, 0) is 11.3 Å². The van der Waals surface area contributed by atoms with E-state index in [1.54, 1.807) is 18.9 Å². The highest BCUT2D eigenvalue weighted by molar-refractivity contribution is 5.88. The van der Waals surface area contributed by atoms with Crippen LogP contribution in [0.15, 0.2) is 10.5 Å². The van der Waals surface area contributed by atoms with Crippen LogP contribution >= 0.6 is 0 Å². The van der Waals surface area contributed by atoms with E-state index >= 15 is 0 Å². The molecule has 0 unspecified atom stereocenters. The number of hydrogen-bond acceptors (Lipinski definition) is 3. The van der Waals surface area contributed by atoms with Gasteiger partial charge >= 0.3 is 5.97 Å². The fourth-order valence-electron chi connectivity index (χ4n) is 2.12. The highest BCUT2D eigenvalue weighted by Gasteiger charge is 2.17.